The van der Waals surface area contributed by atoms with Gasteiger partial charge in [0.15, 0.2) is 5.96 Å². The number of aromatic nitrogens is 2. The van der Waals surface area contributed by atoms with Gasteiger partial charge in [0, 0.05) is 18.2 Å². The third-order valence-corrected chi connectivity index (χ3v) is 4.67. The van der Waals surface area contributed by atoms with Crippen molar-refractivity contribution in [3.63, 3.8) is 0 Å². The van der Waals surface area contributed by atoms with Crippen molar-refractivity contribution in [2.75, 3.05) is 13.7 Å². The molecule has 0 aliphatic carbocycles. The molecule has 1 unspecified atom stereocenters. The molecule has 2 heterocycles. The fourth-order valence-corrected chi connectivity index (χ4v) is 3.21. The van der Waals surface area contributed by atoms with Crippen LogP contribution in [0, 0.1) is 0 Å². The normalized spacial score (nSPS) is 16.2. The minimum absolute atomic E-state index is 0.102. The van der Waals surface area contributed by atoms with Crippen molar-refractivity contribution in [2.45, 2.75) is 19.0 Å². The van der Waals surface area contributed by atoms with E-state index < -0.39 is 0 Å². The summed E-state index contributed by atoms with van der Waals surface area (Å²) >= 11 is 0. The second-order valence-corrected chi connectivity index (χ2v) is 6.52. The Morgan fingerprint density at radius 2 is 2.07 bits per heavy atom. The SMILES string of the molecule is COc1ccc(-n2ccc(CN=C(N)NC3CCOc4ccccc43)n2)cc1. The molecule has 3 N–H and O–H groups in total. The first-order valence-corrected chi connectivity index (χ1v) is 9.20. The summed E-state index contributed by atoms with van der Waals surface area (Å²) in [6, 6.07) is 17.8. The summed E-state index contributed by atoms with van der Waals surface area (Å²) in [6.07, 6.45) is 2.75. The van der Waals surface area contributed by atoms with Crippen molar-refractivity contribution in [1.82, 2.24) is 15.1 Å². The largest absolute Gasteiger partial charge is 0.497 e. The van der Waals surface area contributed by atoms with Crippen LogP contribution in [0.4, 0.5) is 0 Å². The summed E-state index contributed by atoms with van der Waals surface area (Å²) in [5, 5.41) is 7.85. The summed E-state index contributed by atoms with van der Waals surface area (Å²) in [6.45, 7) is 1.07. The Labute approximate surface area is 163 Å². The van der Waals surface area contributed by atoms with E-state index in [1.54, 1.807) is 7.11 Å². The molecule has 4 rings (SSSR count). The highest BCUT2D eigenvalue weighted by Crippen LogP contribution is 2.31. The number of aliphatic imine (C=N–C) groups is 1. The number of nitrogens with zero attached hydrogens (tertiary/aromatic N) is 3. The summed E-state index contributed by atoms with van der Waals surface area (Å²) in [4.78, 5) is 4.44. The molecule has 7 heteroatoms. The molecule has 0 fully saturated rings. The zero-order valence-electron chi connectivity index (χ0n) is 15.7. The van der Waals surface area contributed by atoms with Gasteiger partial charge in [-0.1, -0.05) is 18.2 Å². The molecule has 0 radical (unpaired) electrons. The van der Waals surface area contributed by atoms with E-state index in [4.69, 9.17) is 15.2 Å². The van der Waals surface area contributed by atoms with Crippen LogP contribution >= 0.6 is 0 Å². The highest BCUT2D eigenvalue weighted by Gasteiger charge is 2.21. The van der Waals surface area contributed by atoms with Crippen LogP contribution in [0.15, 0.2) is 65.8 Å². The van der Waals surface area contributed by atoms with Crippen LogP contribution in [-0.4, -0.2) is 29.5 Å². The maximum atomic E-state index is 6.11. The number of nitrogens with one attached hydrogen (secondary N) is 1. The second kappa shape index (κ2) is 8.04. The molecule has 28 heavy (non-hydrogen) atoms. The fourth-order valence-electron chi connectivity index (χ4n) is 3.21. The van der Waals surface area contributed by atoms with E-state index in [1.165, 1.54) is 0 Å². The molecule has 7 nitrogen and oxygen atoms in total. The summed E-state index contributed by atoms with van der Waals surface area (Å²) in [7, 11) is 1.65. The topological polar surface area (TPSA) is 86.7 Å². The third-order valence-electron chi connectivity index (χ3n) is 4.67. The Hall–Kier alpha value is -3.48. The van der Waals surface area contributed by atoms with Gasteiger partial charge in [0.1, 0.15) is 11.5 Å². The molecule has 1 aliphatic rings. The van der Waals surface area contributed by atoms with Crippen molar-refractivity contribution >= 4 is 5.96 Å². The Morgan fingerprint density at radius 3 is 2.89 bits per heavy atom. The molecule has 1 aromatic heterocycles. The van der Waals surface area contributed by atoms with Crippen molar-refractivity contribution in [2.24, 2.45) is 10.7 Å². The van der Waals surface area contributed by atoms with E-state index in [1.807, 2.05) is 59.4 Å². The number of methoxy groups -OCH3 is 1. The first kappa shape index (κ1) is 17.9. The van der Waals surface area contributed by atoms with Crippen LogP contribution in [0.1, 0.15) is 23.7 Å². The van der Waals surface area contributed by atoms with E-state index >= 15 is 0 Å². The summed E-state index contributed by atoms with van der Waals surface area (Å²) < 4.78 is 12.7. The standard InChI is InChI=1S/C21H23N5O2/c1-27-17-8-6-16(7-9-17)26-12-10-15(25-26)14-23-21(22)24-19-11-13-28-20-5-3-2-4-18(19)20/h2-10,12,19H,11,13-14H2,1H3,(H3,22,23,24). The minimum Gasteiger partial charge on any atom is -0.497 e. The van der Waals surface area contributed by atoms with Gasteiger partial charge >= 0.3 is 0 Å². The highest BCUT2D eigenvalue weighted by atomic mass is 16.5. The number of rotatable bonds is 5. The van der Waals surface area contributed by atoms with Crippen molar-refractivity contribution in [3.8, 4) is 17.2 Å². The molecule has 0 bridgehead atoms. The quantitative estimate of drug-likeness (QED) is 0.527. The van der Waals surface area contributed by atoms with E-state index in [-0.39, 0.29) is 6.04 Å². The number of hydrogen-bond acceptors (Lipinski definition) is 4. The van der Waals surface area contributed by atoms with Gasteiger partial charge in [0.05, 0.1) is 37.7 Å². The van der Waals surface area contributed by atoms with E-state index in [0.29, 0.717) is 19.1 Å². The lowest BCUT2D eigenvalue weighted by atomic mass is 10.0. The Bertz CT molecular complexity index is 965. The number of para-hydroxylation sites is 1. The van der Waals surface area contributed by atoms with Crippen LogP contribution < -0.4 is 20.5 Å². The molecule has 0 saturated carbocycles. The molecule has 3 aromatic rings. The van der Waals surface area contributed by atoms with Gasteiger partial charge in [-0.05, 0) is 36.4 Å². The Balaban J connectivity index is 1.40. The van der Waals surface area contributed by atoms with E-state index in [2.05, 4.69) is 21.5 Å². The summed E-state index contributed by atoms with van der Waals surface area (Å²) in [5.74, 6) is 2.12. The van der Waals surface area contributed by atoms with Gasteiger partial charge in [-0.15, -0.1) is 0 Å². The highest BCUT2D eigenvalue weighted by molar-refractivity contribution is 5.78. The number of benzene rings is 2. The smallest absolute Gasteiger partial charge is 0.189 e. The average molecular weight is 377 g/mol. The lowest BCUT2D eigenvalue weighted by Gasteiger charge is -2.26. The van der Waals surface area contributed by atoms with E-state index in [9.17, 15) is 0 Å². The van der Waals surface area contributed by atoms with Gasteiger partial charge in [-0.25, -0.2) is 9.67 Å². The number of ether oxygens (including phenoxy) is 2. The molecule has 144 valence electrons. The third kappa shape index (κ3) is 3.93. The van der Waals surface area contributed by atoms with Crippen molar-refractivity contribution in [1.29, 1.82) is 0 Å². The molecule has 1 atom stereocenters. The molecule has 0 spiro atoms. The molecule has 0 saturated heterocycles. The zero-order chi connectivity index (χ0) is 19.3. The van der Waals surface area contributed by atoms with Crippen molar-refractivity contribution < 1.29 is 9.47 Å². The maximum Gasteiger partial charge on any atom is 0.189 e. The lowest BCUT2D eigenvalue weighted by Crippen LogP contribution is -2.37. The van der Waals surface area contributed by atoms with E-state index in [0.717, 1.165) is 34.9 Å². The average Bonchev–Trinajstić information content (AvgIpc) is 3.22. The van der Waals surface area contributed by atoms with Crippen LogP contribution in [-0.2, 0) is 6.54 Å². The van der Waals surface area contributed by atoms with Crippen molar-refractivity contribution in [3.05, 3.63) is 72.1 Å². The number of guanidine groups is 1. The number of fused-ring (bicyclic) bond motifs is 1. The maximum absolute atomic E-state index is 6.11. The lowest BCUT2D eigenvalue weighted by molar-refractivity contribution is 0.262. The Kier molecular flexibility index (Phi) is 5.14. The molecule has 0 amide bonds. The molecular formula is C21H23N5O2. The second-order valence-electron chi connectivity index (χ2n) is 6.52. The molecule has 2 aromatic carbocycles. The Morgan fingerprint density at radius 1 is 1.25 bits per heavy atom. The molecule has 1 aliphatic heterocycles. The van der Waals surface area contributed by atoms with Crippen LogP contribution in [0.25, 0.3) is 5.69 Å². The minimum atomic E-state index is 0.102. The van der Waals surface area contributed by atoms with Gasteiger partial charge in [-0.3, -0.25) is 0 Å². The number of hydrogen-bond donors (Lipinski definition) is 2. The van der Waals surface area contributed by atoms with Gasteiger partial charge in [0.2, 0.25) is 0 Å². The number of nitrogens with two attached hydrogens (primary N) is 1. The first-order chi connectivity index (χ1) is 13.7. The van der Waals surface area contributed by atoms with Crippen LogP contribution in [0.5, 0.6) is 11.5 Å². The predicted octanol–water partition coefficient (Wildman–Crippen LogP) is 2.81. The summed E-state index contributed by atoms with van der Waals surface area (Å²) in [5.41, 5.74) is 9.02. The van der Waals surface area contributed by atoms with Gasteiger partial charge in [0.25, 0.3) is 0 Å². The van der Waals surface area contributed by atoms with Crippen LogP contribution in [0.2, 0.25) is 0 Å². The fraction of sp³-hybridized carbons (Fsp3) is 0.238. The molecular weight excluding hydrogens is 354 g/mol. The van der Waals surface area contributed by atoms with Gasteiger partial charge < -0.3 is 20.5 Å². The predicted molar refractivity (Wildman–Crippen MR) is 108 cm³/mol. The van der Waals surface area contributed by atoms with Crippen LogP contribution in [0.3, 0.4) is 0 Å². The monoisotopic (exact) mass is 377 g/mol. The van der Waals surface area contributed by atoms with Gasteiger partial charge in [-0.2, -0.15) is 5.10 Å². The zero-order valence-corrected chi connectivity index (χ0v) is 15.7. The first-order valence-electron chi connectivity index (χ1n) is 9.20.